The fraction of sp³-hybridized carbons (Fsp3) is 0.273. The van der Waals surface area contributed by atoms with Crippen LogP contribution < -0.4 is 16.4 Å². The second-order valence-electron chi connectivity index (χ2n) is 7.71. The standard InChI is InChI=1S/C22H23Cl2N5O3/c1-12(2)19(26-20(30)14-6-7-15(23)16(24)10-14)21(31)27-25-11-13-5-8-17-18(9-13)29(4)22(32)28(17)3/h5-12,19H,1-4H3,(H,26,30)(H,27,31)/b25-11-. The Kier molecular flexibility index (Phi) is 7.06. The molecule has 3 aromatic rings. The summed E-state index contributed by atoms with van der Waals surface area (Å²) in [5, 5.41) is 7.30. The number of nitrogens with one attached hydrogen (secondary N) is 2. The van der Waals surface area contributed by atoms with Gasteiger partial charge in [-0.05, 0) is 41.8 Å². The van der Waals surface area contributed by atoms with Gasteiger partial charge < -0.3 is 5.32 Å². The highest BCUT2D eigenvalue weighted by Gasteiger charge is 2.24. The largest absolute Gasteiger partial charge is 0.340 e. The number of benzene rings is 2. The third-order valence-corrected chi connectivity index (χ3v) is 5.84. The molecule has 0 fully saturated rings. The van der Waals surface area contributed by atoms with Crippen LogP contribution in [0, 0.1) is 5.92 Å². The van der Waals surface area contributed by atoms with E-state index in [9.17, 15) is 14.4 Å². The molecule has 2 N–H and O–H groups in total. The van der Waals surface area contributed by atoms with Crippen LogP contribution in [0.1, 0.15) is 29.8 Å². The van der Waals surface area contributed by atoms with Crippen LogP contribution >= 0.6 is 23.2 Å². The lowest BCUT2D eigenvalue weighted by atomic mass is 10.0. The van der Waals surface area contributed by atoms with Crippen molar-refractivity contribution in [2.24, 2.45) is 25.1 Å². The molecule has 168 valence electrons. The van der Waals surface area contributed by atoms with Crippen LogP contribution in [-0.4, -0.2) is 33.2 Å². The van der Waals surface area contributed by atoms with Crippen LogP contribution in [0.15, 0.2) is 46.3 Å². The van der Waals surface area contributed by atoms with Gasteiger partial charge in [-0.15, -0.1) is 0 Å². The van der Waals surface area contributed by atoms with E-state index in [0.717, 1.165) is 11.0 Å². The number of aromatic nitrogens is 2. The van der Waals surface area contributed by atoms with Gasteiger partial charge >= 0.3 is 5.69 Å². The first-order chi connectivity index (χ1) is 15.1. The second-order valence-corrected chi connectivity index (χ2v) is 8.52. The molecule has 0 saturated heterocycles. The maximum Gasteiger partial charge on any atom is 0.328 e. The lowest BCUT2D eigenvalue weighted by Gasteiger charge is -2.20. The molecule has 0 aliphatic rings. The average molecular weight is 476 g/mol. The lowest BCUT2D eigenvalue weighted by Crippen LogP contribution is -2.48. The van der Waals surface area contributed by atoms with Gasteiger partial charge in [-0.3, -0.25) is 18.7 Å². The molecule has 3 rings (SSSR count). The van der Waals surface area contributed by atoms with Crippen molar-refractivity contribution in [2.75, 3.05) is 0 Å². The molecule has 32 heavy (non-hydrogen) atoms. The molecule has 0 spiro atoms. The molecule has 0 saturated carbocycles. The Bertz CT molecular complexity index is 1280. The summed E-state index contributed by atoms with van der Waals surface area (Å²) >= 11 is 11.9. The van der Waals surface area contributed by atoms with Gasteiger partial charge in [0.2, 0.25) is 0 Å². The van der Waals surface area contributed by atoms with Crippen molar-refractivity contribution in [3.63, 3.8) is 0 Å². The molecule has 0 aliphatic carbocycles. The van der Waals surface area contributed by atoms with Crippen molar-refractivity contribution in [3.8, 4) is 0 Å². The number of fused-ring (bicyclic) bond motifs is 1. The summed E-state index contributed by atoms with van der Waals surface area (Å²) in [6.45, 7) is 3.62. The number of carbonyl (C=O) groups excluding carboxylic acids is 2. The number of amides is 2. The van der Waals surface area contributed by atoms with Crippen molar-refractivity contribution in [3.05, 3.63) is 68.1 Å². The molecule has 1 unspecified atom stereocenters. The fourth-order valence-corrected chi connectivity index (χ4v) is 3.54. The summed E-state index contributed by atoms with van der Waals surface area (Å²) in [4.78, 5) is 37.2. The number of hydrogen-bond donors (Lipinski definition) is 2. The molecular formula is C22H23Cl2N5O3. The van der Waals surface area contributed by atoms with E-state index in [-0.39, 0.29) is 16.6 Å². The predicted octanol–water partition coefficient (Wildman–Crippen LogP) is 3.09. The SMILES string of the molecule is CC(C)C(NC(=O)c1ccc(Cl)c(Cl)c1)C(=O)N/N=C\c1ccc2c(c1)n(C)c(=O)n2C. The highest BCUT2D eigenvalue weighted by Crippen LogP contribution is 2.22. The van der Waals surface area contributed by atoms with Crippen molar-refractivity contribution in [2.45, 2.75) is 19.9 Å². The molecule has 0 bridgehead atoms. The molecule has 8 nitrogen and oxygen atoms in total. The quantitative estimate of drug-likeness (QED) is 0.423. The lowest BCUT2D eigenvalue weighted by molar-refractivity contribution is -0.123. The highest BCUT2D eigenvalue weighted by atomic mass is 35.5. The van der Waals surface area contributed by atoms with Crippen molar-refractivity contribution in [1.82, 2.24) is 19.9 Å². The van der Waals surface area contributed by atoms with Gasteiger partial charge in [0, 0.05) is 19.7 Å². The van der Waals surface area contributed by atoms with Crippen LogP contribution in [0.3, 0.4) is 0 Å². The van der Waals surface area contributed by atoms with Crippen LogP contribution in [-0.2, 0) is 18.9 Å². The van der Waals surface area contributed by atoms with E-state index in [1.807, 2.05) is 19.9 Å². The summed E-state index contributed by atoms with van der Waals surface area (Å²) in [6, 6.07) is 9.10. The summed E-state index contributed by atoms with van der Waals surface area (Å²) in [5.74, 6) is -1.10. The Hall–Kier alpha value is -3.10. The van der Waals surface area contributed by atoms with Crippen molar-refractivity contribution in [1.29, 1.82) is 0 Å². The minimum atomic E-state index is -0.813. The van der Waals surface area contributed by atoms with E-state index in [4.69, 9.17) is 23.2 Å². The first-order valence-electron chi connectivity index (χ1n) is 9.84. The summed E-state index contributed by atoms with van der Waals surface area (Å²) < 4.78 is 3.10. The number of imidazole rings is 1. The van der Waals surface area contributed by atoms with Gasteiger partial charge in [-0.2, -0.15) is 5.10 Å². The molecule has 1 aromatic heterocycles. The van der Waals surface area contributed by atoms with E-state index < -0.39 is 17.9 Å². The Morgan fingerprint density at radius 3 is 2.34 bits per heavy atom. The molecule has 1 atom stereocenters. The summed E-state index contributed by atoms with van der Waals surface area (Å²) in [7, 11) is 3.40. The number of carbonyl (C=O) groups is 2. The van der Waals surface area contributed by atoms with Crippen LogP contribution in [0.25, 0.3) is 11.0 Å². The Balaban J connectivity index is 1.71. The number of nitrogens with zero attached hydrogens (tertiary/aromatic N) is 3. The zero-order valence-corrected chi connectivity index (χ0v) is 19.5. The zero-order valence-electron chi connectivity index (χ0n) is 18.0. The van der Waals surface area contributed by atoms with E-state index in [0.29, 0.717) is 16.1 Å². The van der Waals surface area contributed by atoms with Gasteiger partial charge in [-0.25, -0.2) is 10.2 Å². The van der Waals surface area contributed by atoms with Crippen LogP contribution in [0.4, 0.5) is 0 Å². The number of aryl methyl sites for hydroxylation is 2. The van der Waals surface area contributed by atoms with Crippen LogP contribution in [0.2, 0.25) is 10.0 Å². The van der Waals surface area contributed by atoms with Gasteiger partial charge in [0.1, 0.15) is 6.04 Å². The second kappa shape index (κ2) is 9.58. The topological polar surface area (TPSA) is 97.5 Å². The predicted molar refractivity (Wildman–Crippen MR) is 126 cm³/mol. The third-order valence-electron chi connectivity index (χ3n) is 5.10. The first-order valence-corrected chi connectivity index (χ1v) is 10.6. The number of hydrazone groups is 1. The normalized spacial score (nSPS) is 12.5. The van der Waals surface area contributed by atoms with Gasteiger partial charge in [-0.1, -0.05) is 43.1 Å². The molecule has 1 heterocycles. The minimum absolute atomic E-state index is 0.125. The third kappa shape index (κ3) is 4.87. The molecule has 2 aromatic carbocycles. The average Bonchev–Trinajstić information content (AvgIpc) is 2.97. The molecule has 10 heteroatoms. The van der Waals surface area contributed by atoms with E-state index >= 15 is 0 Å². The Morgan fingerprint density at radius 1 is 1.00 bits per heavy atom. The molecule has 0 aliphatic heterocycles. The number of rotatable bonds is 6. The zero-order chi connectivity index (χ0) is 23.6. The molecular weight excluding hydrogens is 453 g/mol. The van der Waals surface area contributed by atoms with Gasteiger partial charge in [0.05, 0.1) is 27.3 Å². The first kappa shape index (κ1) is 23.6. The van der Waals surface area contributed by atoms with Gasteiger partial charge in [0.25, 0.3) is 11.8 Å². The van der Waals surface area contributed by atoms with Gasteiger partial charge in [0.15, 0.2) is 0 Å². The molecule has 0 radical (unpaired) electrons. The van der Waals surface area contributed by atoms with E-state index in [2.05, 4.69) is 15.8 Å². The summed E-state index contributed by atoms with van der Waals surface area (Å²) in [6.07, 6.45) is 1.48. The molecule has 2 amide bonds. The monoisotopic (exact) mass is 475 g/mol. The van der Waals surface area contributed by atoms with Crippen molar-refractivity contribution >= 4 is 52.3 Å². The van der Waals surface area contributed by atoms with E-state index in [1.54, 1.807) is 35.4 Å². The number of halogens is 2. The van der Waals surface area contributed by atoms with Crippen molar-refractivity contribution < 1.29 is 9.59 Å². The fourth-order valence-electron chi connectivity index (χ4n) is 3.24. The summed E-state index contributed by atoms with van der Waals surface area (Å²) in [5.41, 5.74) is 4.89. The van der Waals surface area contributed by atoms with Crippen LogP contribution in [0.5, 0.6) is 0 Å². The number of hydrogen-bond acceptors (Lipinski definition) is 4. The maximum absolute atomic E-state index is 12.6. The maximum atomic E-state index is 12.6. The smallest absolute Gasteiger partial charge is 0.328 e. The highest BCUT2D eigenvalue weighted by molar-refractivity contribution is 6.42. The Morgan fingerprint density at radius 2 is 1.69 bits per heavy atom. The Labute approximate surface area is 194 Å². The van der Waals surface area contributed by atoms with E-state index in [1.165, 1.54) is 24.4 Å². The minimum Gasteiger partial charge on any atom is -0.340 e.